The van der Waals surface area contributed by atoms with Gasteiger partial charge in [0.25, 0.3) is 0 Å². The minimum Gasteiger partial charge on any atom is -0.423 e. The summed E-state index contributed by atoms with van der Waals surface area (Å²) < 4.78 is 10.6. The molecule has 1 aromatic carbocycles. The van der Waals surface area contributed by atoms with Gasteiger partial charge in [-0.15, -0.1) is 0 Å². The maximum Gasteiger partial charge on any atom is 0.335 e. The number of nitrogens with zero attached hydrogens (tertiary/aromatic N) is 1. The van der Waals surface area contributed by atoms with Crippen LogP contribution in [-0.4, -0.2) is 48.5 Å². The van der Waals surface area contributed by atoms with E-state index in [0.717, 1.165) is 44.8 Å². The summed E-state index contributed by atoms with van der Waals surface area (Å²) in [5.74, 6) is 0.0948. The van der Waals surface area contributed by atoms with Crippen LogP contribution in [0.5, 0.6) is 5.75 Å². The van der Waals surface area contributed by atoms with E-state index in [1.807, 2.05) is 0 Å². The highest BCUT2D eigenvalue weighted by atomic mass is 16.5. The molecule has 25 heavy (non-hydrogen) atoms. The van der Waals surface area contributed by atoms with Crippen LogP contribution in [0.4, 0.5) is 0 Å². The lowest BCUT2D eigenvalue weighted by Gasteiger charge is -2.46. The van der Waals surface area contributed by atoms with E-state index in [1.165, 1.54) is 6.42 Å². The molecule has 0 radical (unpaired) electrons. The van der Waals surface area contributed by atoms with Crippen LogP contribution < -0.4 is 4.74 Å². The molecule has 0 atom stereocenters. The molecule has 0 N–H and O–H groups in total. The van der Waals surface area contributed by atoms with Gasteiger partial charge in [0.05, 0.1) is 18.8 Å². The van der Waals surface area contributed by atoms with Crippen LogP contribution in [0.15, 0.2) is 36.9 Å². The summed E-state index contributed by atoms with van der Waals surface area (Å²) in [6, 6.07) is 6.85. The molecule has 1 saturated carbocycles. The Morgan fingerprint density at radius 2 is 1.72 bits per heavy atom. The summed E-state index contributed by atoms with van der Waals surface area (Å²) in [4.78, 5) is 27.0. The number of hydrogen-bond donors (Lipinski definition) is 0. The van der Waals surface area contributed by atoms with Crippen LogP contribution in [0.1, 0.15) is 42.5 Å². The average molecular weight is 343 g/mol. The molecule has 3 rings (SSSR count). The second-order valence-corrected chi connectivity index (χ2v) is 6.67. The number of rotatable bonds is 5. The Hall–Kier alpha value is -1.98. The van der Waals surface area contributed by atoms with Crippen molar-refractivity contribution in [1.82, 2.24) is 4.90 Å². The second kappa shape index (κ2) is 7.93. The predicted octanol–water partition coefficient (Wildman–Crippen LogP) is 3.00. The highest BCUT2D eigenvalue weighted by molar-refractivity contribution is 6.03. The summed E-state index contributed by atoms with van der Waals surface area (Å²) >= 11 is 0. The summed E-state index contributed by atoms with van der Waals surface area (Å²) in [6.07, 6.45) is 6.28. The lowest BCUT2D eigenvalue weighted by atomic mass is 9.75. The summed E-state index contributed by atoms with van der Waals surface area (Å²) in [5.41, 5.74) is 0.258. The standard InChI is InChI=1S/C20H25NO4/c1-2-18(22)25-17-8-6-16(7-9-17)19(23)20(10-4-3-5-11-20)21-12-14-24-15-13-21/h2,6-9H,1,3-5,10-15H2. The van der Waals surface area contributed by atoms with Gasteiger partial charge in [-0.2, -0.15) is 0 Å². The highest BCUT2D eigenvalue weighted by Crippen LogP contribution is 2.37. The van der Waals surface area contributed by atoms with Crippen molar-refractivity contribution in [3.63, 3.8) is 0 Å². The van der Waals surface area contributed by atoms with Gasteiger partial charge in [-0.3, -0.25) is 9.69 Å². The average Bonchev–Trinajstić information content (AvgIpc) is 2.69. The SMILES string of the molecule is C=CC(=O)Oc1ccc(C(=O)C2(N3CCOCC3)CCCCC2)cc1. The van der Waals surface area contributed by atoms with E-state index >= 15 is 0 Å². The van der Waals surface area contributed by atoms with E-state index in [0.29, 0.717) is 24.5 Å². The van der Waals surface area contributed by atoms with Crippen LogP contribution >= 0.6 is 0 Å². The summed E-state index contributed by atoms with van der Waals surface area (Å²) in [7, 11) is 0. The van der Waals surface area contributed by atoms with E-state index in [9.17, 15) is 9.59 Å². The molecule has 2 fully saturated rings. The van der Waals surface area contributed by atoms with Crippen molar-refractivity contribution in [2.75, 3.05) is 26.3 Å². The number of esters is 1. The van der Waals surface area contributed by atoms with Gasteiger partial charge in [0, 0.05) is 24.7 Å². The Kier molecular flexibility index (Phi) is 5.66. The maximum absolute atomic E-state index is 13.4. The quantitative estimate of drug-likeness (QED) is 0.356. The first kappa shape index (κ1) is 17.8. The minimum absolute atomic E-state index is 0.177. The molecule has 5 nitrogen and oxygen atoms in total. The number of morpholine rings is 1. The fourth-order valence-electron chi connectivity index (χ4n) is 3.92. The van der Waals surface area contributed by atoms with Gasteiger partial charge >= 0.3 is 5.97 Å². The zero-order valence-electron chi connectivity index (χ0n) is 14.5. The number of carbonyl (C=O) groups is 2. The third-order valence-electron chi connectivity index (χ3n) is 5.22. The lowest BCUT2D eigenvalue weighted by Crippen LogP contribution is -2.59. The fraction of sp³-hybridized carbons (Fsp3) is 0.500. The molecule has 5 heteroatoms. The number of ketones is 1. The van der Waals surface area contributed by atoms with Gasteiger partial charge in [-0.05, 0) is 37.1 Å². The van der Waals surface area contributed by atoms with Crippen LogP contribution in [0.25, 0.3) is 0 Å². The molecule has 1 aliphatic heterocycles. The number of carbonyl (C=O) groups excluding carboxylic acids is 2. The fourth-order valence-corrected chi connectivity index (χ4v) is 3.92. The van der Waals surface area contributed by atoms with E-state index in [2.05, 4.69) is 11.5 Å². The van der Waals surface area contributed by atoms with E-state index in [-0.39, 0.29) is 5.78 Å². The van der Waals surface area contributed by atoms with Crippen molar-refractivity contribution in [2.24, 2.45) is 0 Å². The molecule has 1 saturated heterocycles. The molecule has 0 spiro atoms. The molecular formula is C20H25NO4. The molecule has 1 aliphatic carbocycles. The normalized spacial score (nSPS) is 20.6. The molecule has 2 aliphatic rings. The topological polar surface area (TPSA) is 55.8 Å². The largest absolute Gasteiger partial charge is 0.423 e. The Labute approximate surface area is 148 Å². The highest BCUT2D eigenvalue weighted by Gasteiger charge is 2.45. The third-order valence-corrected chi connectivity index (χ3v) is 5.22. The summed E-state index contributed by atoms with van der Waals surface area (Å²) in [5, 5.41) is 0. The van der Waals surface area contributed by atoms with E-state index < -0.39 is 11.5 Å². The zero-order valence-corrected chi connectivity index (χ0v) is 14.5. The van der Waals surface area contributed by atoms with Crippen molar-refractivity contribution >= 4 is 11.8 Å². The van der Waals surface area contributed by atoms with Crippen molar-refractivity contribution < 1.29 is 19.1 Å². The Morgan fingerprint density at radius 3 is 2.32 bits per heavy atom. The van der Waals surface area contributed by atoms with E-state index in [4.69, 9.17) is 9.47 Å². The number of ether oxygens (including phenoxy) is 2. The summed E-state index contributed by atoms with van der Waals surface area (Å²) in [6.45, 7) is 6.36. The minimum atomic E-state index is -0.504. The zero-order chi connectivity index (χ0) is 17.7. The first-order chi connectivity index (χ1) is 12.2. The van der Waals surface area contributed by atoms with Gasteiger partial charge < -0.3 is 9.47 Å². The van der Waals surface area contributed by atoms with E-state index in [1.54, 1.807) is 24.3 Å². The molecular weight excluding hydrogens is 318 g/mol. The van der Waals surface area contributed by atoms with Crippen molar-refractivity contribution in [2.45, 2.75) is 37.6 Å². The third kappa shape index (κ3) is 3.83. The van der Waals surface area contributed by atoms with Gasteiger partial charge in [0.15, 0.2) is 5.78 Å². The molecule has 134 valence electrons. The molecule has 0 bridgehead atoms. The smallest absolute Gasteiger partial charge is 0.335 e. The van der Waals surface area contributed by atoms with Crippen molar-refractivity contribution in [1.29, 1.82) is 0 Å². The Morgan fingerprint density at radius 1 is 1.08 bits per heavy atom. The van der Waals surface area contributed by atoms with Crippen LogP contribution in [0.3, 0.4) is 0 Å². The van der Waals surface area contributed by atoms with Crippen molar-refractivity contribution in [3.8, 4) is 5.75 Å². The van der Waals surface area contributed by atoms with Gasteiger partial charge in [-0.25, -0.2) is 4.79 Å². The number of hydrogen-bond acceptors (Lipinski definition) is 5. The van der Waals surface area contributed by atoms with Crippen LogP contribution in [0.2, 0.25) is 0 Å². The van der Waals surface area contributed by atoms with Gasteiger partial charge in [-0.1, -0.05) is 25.8 Å². The monoisotopic (exact) mass is 343 g/mol. The number of Topliss-reactive ketones (excluding diaryl/α,β-unsaturated/α-hetero) is 1. The Bertz CT molecular complexity index is 626. The second-order valence-electron chi connectivity index (χ2n) is 6.67. The van der Waals surface area contributed by atoms with Crippen molar-refractivity contribution in [3.05, 3.63) is 42.5 Å². The molecule has 0 amide bonds. The van der Waals surface area contributed by atoms with Crippen LogP contribution in [0, 0.1) is 0 Å². The Balaban J connectivity index is 1.82. The molecule has 1 aromatic rings. The predicted molar refractivity (Wildman–Crippen MR) is 94.8 cm³/mol. The molecule has 0 unspecified atom stereocenters. The number of benzene rings is 1. The maximum atomic E-state index is 13.4. The first-order valence-electron chi connectivity index (χ1n) is 8.98. The lowest BCUT2D eigenvalue weighted by molar-refractivity contribution is -0.128. The van der Waals surface area contributed by atoms with Gasteiger partial charge in [0.2, 0.25) is 0 Å². The first-order valence-corrected chi connectivity index (χ1v) is 8.98. The molecule has 0 aromatic heterocycles. The van der Waals surface area contributed by atoms with Gasteiger partial charge in [0.1, 0.15) is 5.75 Å². The van der Waals surface area contributed by atoms with Crippen LogP contribution in [-0.2, 0) is 9.53 Å². The molecule has 1 heterocycles.